The summed E-state index contributed by atoms with van der Waals surface area (Å²) in [5.74, 6) is 0.765. The van der Waals surface area contributed by atoms with Crippen molar-refractivity contribution in [3.63, 3.8) is 0 Å². The Hall–Kier alpha value is -3.07. The Labute approximate surface area is 274 Å². The Morgan fingerprint density at radius 2 is 1.63 bits per heavy atom. The second-order valence-electron chi connectivity index (χ2n) is 14.5. The predicted molar refractivity (Wildman–Crippen MR) is 182 cm³/mol. The summed E-state index contributed by atoms with van der Waals surface area (Å²) in [7, 11) is 0. The maximum Gasteiger partial charge on any atom is 0.237 e. The van der Waals surface area contributed by atoms with E-state index in [1.807, 2.05) is 24.3 Å². The largest absolute Gasteiger partial charge is 0.392 e. The van der Waals surface area contributed by atoms with Crippen molar-refractivity contribution < 1.29 is 19.4 Å². The molecular formula is C39H51N3O4. The zero-order valence-electron chi connectivity index (χ0n) is 27.7. The monoisotopic (exact) mass is 625 g/mol. The van der Waals surface area contributed by atoms with Crippen molar-refractivity contribution in [1.82, 2.24) is 10.2 Å². The van der Waals surface area contributed by atoms with Crippen LogP contribution in [-0.2, 0) is 27.4 Å². The Balaban J connectivity index is 1.28. The lowest BCUT2D eigenvalue weighted by Gasteiger charge is -2.50. The molecule has 2 saturated heterocycles. The molecular weight excluding hydrogens is 574 g/mol. The molecule has 0 radical (unpaired) electrons. The van der Waals surface area contributed by atoms with Crippen LogP contribution in [0.15, 0.2) is 72.8 Å². The van der Waals surface area contributed by atoms with Gasteiger partial charge in [-0.3, -0.25) is 9.69 Å². The number of likely N-dealkylation sites (tertiary alicyclic amines) is 1. The third kappa shape index (κ3) is 7.72. The van der Waals surface area contributed by atoms with Crippen molar-refractivity contribution in [2.24, 2.45) is 11.7 Å². The topological polar surface area (TPSA) is 97.1 Å². The third-order valence-electron chi connectivity index (χ3n) is 10.0. The first-order valence-corrected chi connectivity index (χ1v) is 17.2. The van der Waals surface area contributed by atoms with Gasteiger partial charge in [0.1, 0.15) is 0 Å². The first kappa shape index (κ1) is 32.9. The van der Waals surface area contributed by atoms with E-state index in [-0.39, 0.29) is 36.3 Å². The van der Waals surface area contributed by atoms with E-state index >= 15 is 0 Å². The van der Waals surface area contributed by atoms with Crippen LogP contribution < -0.4 is 11.1 Å². The van der Waals surface area contributed by atoms with Gasteiger partial charge < -0.3 is 25.6 Å². The maximum atomic E-state index is 13.7. The lowest BCUT2D eigenvalue weighted by molar-refractivity contribution is -0.255. The summed E-state index contributed by atoms with van der Waals surface area (Å²) in [5, 5.41) is 12.9. The first-order valence-electron chi connectivity index (χ1n) is 17.2. The van der Waals surface area contributed by atoms with Gasteiger partial charge in [-0.25, -0.2) is 0 Å². The van der Waals surface area contributed by atoms with Crippen LogP contribution in [0, 0.1) is 5.92 Å². The van der Waals surface area contributed by atoms with Crippen molar-refractivity contribution in [2.45, 2.75) is 115 Å². The first-order chi connectivity index (χ1) is 22.2. The van der Waals surface area contributed by atoms with Gasteiger partial charge in [-0.05, 0) is 86.3 Å². The van der Waals surface area contributed by atoms with Gasteiger partial charge in [-0.1, -0.05) is 79.6 Å². The number of benzene rings is 3. The van der Waals surface area contributed by atoms with Crippen molar-refractivity contribution in [1.29, 1.82) is 0 Å². The van der Waals surface area contributed by atoms with Gasteiger partial charge in [0.05, 0.1) is 24.9 Å². The molecule has 6 rings (SSSR count). The summed E-state index contributed by atoms with van der Waals surface area (Å²) in [5.41, 5.74) is 11.9. The molecule has 7 nitrogen and oxygen atoms in total. The van der Waals surface area contributed by atoms with Gasteiger partial charge in [0.2, 0.25) is 5.91 Å². The molecule has 2 heterocycles. The summed E-state index contributed by atoms with van der Waals surface area (Å²) in [6.07, 6.45) is 6.72. The normalized spacial score (nSPS) is 27.2. The molecule has 3 aromatic rings. The highest BCUT2D eigenvalue weighted by Crippen LogP contribution is 2.42. The minimum absolute atomic E-state index is 0.0102. The highest BCUT2D eigenvalue weighted by atomic mass is 16.7. The van der Waals surface area contributed by atoms with Gasteiger partial charge >= 0.3 is 0 Å². The second kappa shape index (κ2) is 14.4. The number of carbonyl (C=O) groups excluding carboxylic acids is 1. The molecule has 4 N–H and O–H groups in total. The number of nitrogens with two attached hydrogens (primary N) is 1. The zero-order chi connectivity index (χ0) is 32.3. The Kier molecular flexibility index (Phi) is 10.3. The Morgan fingerprint density at radius 3 is 2.35 bits per heavy atom. The van der Waals surface area contributed by atoms with Crippen molar-refractivity contribution >= 4 is 5.91 Å². The van der Waals surface area contributed by atoms with Gasteiger partial charge in [-0.15, -0.1) is 0 Å². The standard InChI is InChI=1S/C39H51N3O4/c1-39(2,3)41-37(44)35-20-19-29-8-4-5-10-34(29)42(35)24-33-22-36(30-13-11-26(25-43)12-14-30)46-38(45-33)31-17-15-28(16-18-31)32-9-6-7-27(21-32)23-40/h6-7,9,11-18,21,29,33-36,38,43H,4-5,8,10,19-20,22-25,40H2,1-3H3,(H,41,44)/t29-,33+,34-,35-,36-,38-/m1/s1. The molecule has 46 heavy (non-hydrogen) atoms. The summed E-state index contributed by atoms with van der Waals surface area (Å²) in [6.45, 7) is 7.38. The number of nitrogens with one attached hydrogen (secondary N) is 1. The molecule has 3 aliphatic rings. The van der Waals surface area contributed by atoms with Crippen molar-refractivity contribution in [2.75, 3.05) is 6.54 Å². The second-order valence-corrected chi connectivity index (χ2v) is 14.5. The van der Waals surface area contributed by atoms with E-state index in [9.17, 15) is 9.90 Å². The predicted octanol–water partition coefficient (Wildman–Crippen LogP) is 6.79. The summed E-state index contributed by atoms with van der Waals surface area (Å²) < 4.78 is 13.5. The van der Waals surface area contributed by atoms with Crippen LogP contribution in [0.4, 0.5) is 0 Å². The van der Waals surface area contributed by atoms with Crippen molar-refractivity contribution in [3.05, 3.63) is 95.1 Å². The van der Waals surface area contributed by atoms with Crippen LogP contribution >= 0.6 is 0 Å². The number of aliphatic hydroxyl groups excluding tert-OH is 1. The average molecular weight is 626 g/mol. The number of ether oxygens (including phenoxy) is 2. The lowest BCUT2D eigenvalue weighted by Crippen LogP contribution is -2.61. The molecule has 0 aromatic heterocycles. The number of fused-ring (bicyclic) bond motifs is 1. The lowest BCUT2D eigenvalue weighted by atomic mass is 9.75. The highest BCUT2D eigenvalue weighted by molar-refractivity contribution is 5.82. The molecule has 2 aliphatic heterocycles. The fraction of sp³-hybridized carbons (Fsp3) is 0.513. The van der Waals surface area contributed by atoms with Crippen LogP contribution in [0.2, 0.25) is 0 Å². The van der Waals surface area contributed by atoms with E-state index in [1.54, 1.807) is 0 Å². The highest BCUT2D eigenvalue weighted by Gasteiger charge is 2.44. The van der Waals surface area contributed by atoms with E-state index in [0.29, 0.717) is 31.5 Å². The minimum atomic E-state index is -0.542. The number of carbonyl (C=O) groups is 1. The number of aliphatic hydroxyl groups is 1. The van der Waals surface area contributed by atoms with Gasteiger partial charge in [-0.2, -0.15) is 0 Å². The third-order valence-corrected chi connectivity index (χ3v) is 10.0. The molecule has 1 amide bonds. The molecule has 6 atom stereocenters. The van der Waals surface area contributed by atoms with Crippen LogP contribution in [-0.4, -0.2) is 46.2 Å². The zero-order valence-corrected chi connectivity index (χ0v) is 27.7. The molecule has 0 spiro atoms. The van der Waals surface area contributed by atoms with Crippen molar-refractivity contribution in [3.8, 4) is 11.1 Å². The number of hydrogen-bond donors (Lipinski definition) is 3. The van der Waals surface area contributed by atoms with E-state index in [1.165, 1.54) is 19.3 Å². The summed E-state index contributed by atoms with van der Waals surface area (Å²) >= 11 is 0. The number of amides is 1. The number of hydrogen-bond acceptors (Lipinski definition) is 6. The SMILES string of the molecule is CC(C)(C)NC(=O)[C@H]1CC[C@H]2CCCC[C@H]2N1C[C@@H]1C[C@H](c2ccc(CO)cc2)O[C@H](c2ccc(-c3cccc(CN)c3)cc2)O1. The van der Waals surface area contributed by atoms with E-state index < -0.39 is 6.29 Å². The van der Waals surface area contributed by atoms with E-state index in [4.69, 9.17) is 15.2 Å². The van der Waals surface area contributed by atoms with Gasteiger partial charge in [0.15, 0.2) is 6.29 Å². The van der Waals surface area contributed by atoms with Crippen LogP contribution in [0.5, 0.6) is 0 Å². The molecule has 3 fully saturated rings. The molecule has 0 bridgehead atoms. The summed E-state index contributed by atoms with van der Waals surface area (Å²) in [4.78, 5) is 16.2. The summed E-state index contributed by atoms with van der Waals surface area (Å²) in [6, 6.07) is 25.0. The van der Waals surface area contributed by atoms with E-state index in [2.05, 4.69) is 79.5 Å². The fourth-order valence-electron chi connectivity index (χ4n) is 7.71. The van der Waals surface area contributed by atoms with Gasteiger partial charge in [0, 0.05) is 36.7 Å². The number of rotatable bonds is 8. The van der Waals surface area contributed by atoms with E-state index in [0.717, 1.165) is 52.6 Å². The molecule has 3 aromatic carbocycles. The molecule has 1 saturated carbocycles. The van der Waals surface area contributed by atoms with Crippen LogP contribution in [0.3, 0.4) is 0 Å². The Morgan fingerprint density at radius 1 is 0.891 bits per heavy atom. The Bertz CT molecular complexity index is 1450. The van der Waals surface area contributed by atoms with Crippen LogP contribution in [0.25, 0.3) is 11.1 Å². The average Bonchev–Trinajstić information content (AvgIpc) is 3.07. The number of nitrogens with zero attached hydrogens (tertiary/aromatic N) is 1. The van der Waals surface area contributed by atoms with Crippen LogP contribution in [0.1, 0.15) is 100 Å². The molecule has 246 valence electrons. The molecule has 0 unspecified atom stereocenters. The quantitative estimate of drug-likeness (QED) is 0.255. The minimum Gasteiger partial charge on any atom is -0.392 e. The number of piperidine rings is 1. The van der Waals surface area contributed by atoms with Gasteiger partial charge in [0.25, 0.3) is 0 Å². The smallest absolute Gasteiger partial charge is 0.237 e. The molecule has 7 heteroatoms. The fourth-order valence-corrected chi connectivity index (χ4v) is 7.71. The maximum absolute atomic E-state index is 13.7. The molecule has 1 aliphatic carbocycles.